The lowest BCUT2D eigenvalue weighted by Crippen LogP contribution is -2.50. The maximum atomic E-state index is 13.6. The number of hydrogen-bond acceptors (Lipinski definition) is 3. The van der Waals surface area contributed by atoms with Gasteiger partial charge in [0.15, 0.2) is 0 Å². The Morgan fingerprint density at radius 2 is 1.59 bits per heavy atom. The molecule has 0 aliphatic carbocycles. The number of nitrogens with zero attached hydrogens (tertiary/aromatic N) is 1. The Balaban J connectivity index is 1.95. The van der Waals surface area contributed by atoms with Gasteiger partial charge in [0, 0.05) is 19.5 Å². The smallest absolute Gasteiger partial charge is 0.243 e. The fourth-order valence-corrected chi connectivity index (χ4v) is 4.02. The average Bonchev–Trinajstić information content (AvgIpc) is 2.84. The predicted octanol–water partition coefficient (Wildman–Crippen LogP) is 5.32. The van der Waals surface area contributed by atoms with E-state index in [9.17, 15) is 9.59 Å². The van der Waals surface area contributed by atoms with Crippen LogP contribution in [-0.2, 0) is 29.0 Å². The third kappa shape index (κ3) is 6.99. The number of halogens is 2. The van der Waals surface area contributed by atoms with Gasteiger partial charge in [0.1, 0.15) is 11.8 Å². The molecular formula is C27H28Cl2N2O3. The zero-order valence-electron chi connectivity index (χ0n) is 19.3. The minimum atomic E-state index is -0.692. The standard InChI is InChI=1S/C27H28Cl2N2O3/c1-3-30-27(33)25(16-19-7-5-4-6-8-19)31(18-21-11-14-23(28)24(29)15-21)26(32)17-20-9-12-22(34-2)13-10-20/h4-15,25H,3,16-18H2,1-2H3,(H,30,33)/t25-/m1/s1. The SMILES string of the molecule is CCNC(=O)[C@@H](Cc1ccccc1)N(Cc1ccc(Cl)c(Cl)c1)C(=O)Cc1ccc(OC)cc1. The van der Waals surface area contributed by atoms with E-state index in [1.54, 1.807) is 24.1 Å². The number of methoxy groups -OCH3 is 1. The van der Waals surface area contributed by atoms with E-state index >= 15 is 0 Å². The van der Waals surface area contributed by atoms with Crippen molar-refractivity contribution in [1.29, 1.82) is 0 Å². The second-order valence-electron chi connectivity index (χ2n) is 7.90. The monoisotopic (exact) mass is 498 g/mol. The summed E-state index contributed by atoms with van der Waals surface area (Å²) >= 11 is 12.3. The lowest BCUT2D eigenvalue weighted by atomic mass is 10.0. The van der Waals surface area contributed by atoms with Crippen LogP contribution in [0, 0.1) is 0 Å². The summed E-state index contributed by atoms with van der Waals surface area (Å²) in [5.41, 5.74) is 2.59. The molecule has 5 nitrogen and oxygen atoms in total. The van der Waals surface area contributed by atoms with Crippen LogP contribution in [0.5, 0.6) is 5.75 Å². The molecule has 3 aromatic carbocycles. The molecule has 0 fully saturated rings. The van der Waals surface area contributed by atoms with Gasteiger partial charge in [0.25, 0.3) is 0 Å². The van der Waals surface area contributed by atoms with Crippen molar-refractivity contribution in [3.05, 3.63) is 99.5 Å². The second kappa shape index (κ2) is 12.4. The molecule has 0 saturated heterocycles. The maximum Gasteiger partial charge on any atom is 0.243 e. The number of rotatable bonds is 10. The average molecular weight is 499 g/mol. The normalized spacial score (nSPS) is 11.5. The minimum absolute atomic E-state index is 0.149. The van der Waals surface area contributed by atoms with Gasteiger partial charge < -0.3 is 15.0 Å². The molecule has 1 N–H and O–H groups in total. The van der Waals surface area contributed by atoms with Crippen LogP contribution in [0.15, 0.2) is 72.8 Å². The third-order valence-electron chi connectivity index (χ3n) is 5.47. The quantitative estimate of drug-likeness (QED) is 0.411. The molecular weight excluding hydrogens is 471 g/mol. The van der Waals surface area contributed by atoms with Crippen LogP contribution in [0.4, 0.5) is 0 Å². The third-order valence-corrected chi connectivity index (χ3v) is 6.21. The number of nitrogens with one attached hydrogen (secondary N) is 1. The number of ether oxygens (including phenoxy) is 1. The summed E-state index contributed by atoms with van der Waals surface area (Å²) in [7, 11) is 1.60. The van der Waals surface area contributed by atoms with Crippen molar-refractivity contribution in [2.75, 3.05) is 13.7 Å². The van der Waals surface area contributed by atoms with Crippen molar-refractivity contribution in [1.82, 2.24) is 10.2 Å². The van der Waals surface area contributed by atoms with Crippen molar-refractivity contribution in [3.63, 3.8) is 0 Å². The Hall–Kier alpha value is -3.02. The summed E-state index contributed by atoms with van der Waals surface area (Å²) in [6.07, 6.45) is 0.540. The number of likely N-dealkylation sites (N-methyl/N-ethyl adjacent to an activating group) is 1. The molecule has 0 radical (unpaired) electrons. The van der Waals surface area contributed by atoms with E-state index in [0.29, 0.717) is 28.8 Å². The predicted molar refractivity (Wildman–Crippen MR) is 136 cm³/mol. The van der Waals surface area contributed by atoms with Gasteiger partial charge in [-0.15, -0.1) is 0 Å². The van der Waals surface area contributed by atoms with Crippen molar-refractivity contribution >= 4 is 35.0 Å². The summed E-state index contributed by atoms with van der Waals surface area (Å²) in [5.74, 6) is 0.353. The van der Waals surface area contributed by atoms with E-state index in [1.807, 2.05) is 67.6 Å². The summed E-state index contributed by atoms with van der Waals surface area (Å²) < 4.78 is 5.21. The number of benzene rings is 3. The highest BCUT2D eigenvalue weighted by Crippen LogP contribution is 2.25. The molecule has 0 spiro atoms. The molecule has 0 aromatic heterocycles. The Morgan fingerprint density at radius 1 is 0.912 bits per heavy atom. The summed E-state index contributed by atoms with van der Waals surface area (Å²) in [6, 6.07) is 21.6. The number of carbonyl (C=O) groups is 2. The molecule has 1 atom stereocenters. The summed E-state index contributed by atoms with van der Waals surface area (Å²) in [5, 5.41) is 3.73. The fourth-order valence-electron chi connectivity index (χ4n) is 3.70. The number of hydrogen-bond donors (Lipinski definition) is 1. The first-order valence-electron chi connectivity index (χ1n) is 11.1. The van der Waals surface area contributed by atoms with Crippen LogP contribution < -0.4 is 10.1 Å². The van der Waals surface area contributed by atoms with Crippen LogP contribution in [-0.4, -0.2) is 36.4 Å². The van der Waals surface area contributed by atoms with E-state index in [2.05, 4.69) is 5.32 Å². The van der Waals surface area contributed by atoms with E-state index in [0.717, 1.165) is 16.7 Å². The van der Waals surface area contributed by atoms with Gasteiger partial charge in [-0.25, -0.2) is 0 Å². The van der Waals surface area contributed by atoms with Gasteiger partial charge in [-0.3, -0.25) is 9.59 Å². The Labute approximate surface area is 210 Å². The molecule has 2 amide bonds. The van der Waals surface area contributed by atoms with E-state index in [-0.39, 0.29) is 24.8 Å². The summed E-state index contributed by atoms with van der Waals surface area (Å²) in [6.45, 7) is 2.55. The molecule has 7 heteroatoms. The molecule has 0 aliphatic rings. The first-order chi connectivity index (χ1) is 16.4. The van der Waals surface area contributed by atoms with Gasteiger partial charge in [-0.05, 0) is 47.9 Å². The van der Waals surface area contributed by atoms with Crippen LogP contribution in [0.2, 0.25) is 10.0 Å². The van der Waals surface area contributed by atoms with Crippen molar-refractivity contribution in [2.45, 2.75) is 32.4 Å². The fraction of sp³-hybridized carbons (Fsp3) is 0.259. The van der Waals surface area contributed by atoms with Crippen LogP contribution in [0.25, 0.3) is 0 Å². The zero-order valence-corrected chi connectivity index (χ0v) is 20.8. The molecule has 34 heavy (non-hydrogen) atoms. The zero-order chi connectivity index (χ0) is 24.5. The molecule has 0 saturated carbocycles. The van der Waals surface area contributed by atoms with Crippen molar-refractivity contribution in [2.24, 2.45) is 0 Å². The highest BCUT2D eigenvalue weighted by molar-refractivity contribution is 6.42. The van der Waals surface area contributed by atoms with Gasteiger partial charge in [-0.2, -0.15) is 0 Å². The van der Waals surface area contributed by atoms with Gasteiger partial charge >= 0.3 is 0 Å². The van der Waals surface area contributed by atoms with Crippen LogP contribution in [0.1, 0.15) is 23.6 Å². The largest absolute Gasteiger partial charge is 0.497 e. The Kier molecular flexibility index (Phi) is 9.37. The molecule has 178 valence electrons. The number of carbonyl (C=O) groups excluding carboxylic acids is 2. The molecule has 0 aliphatic heterocycles. The molecule has 0 unspecified atom stereocenters. The number of amides is 2. The maximum absolute atomic E-state index is 13.6. The van der Waals surface area contributed by atoms with Gasteiger partial charge in [0.05, 0.1) is 23.6 Å². The highest BCUT2D eigenvalue weighted by Gasteiger charge is 2.30. The van der Waals surface area contributed by atoms with Crippen LogP contribution >= 0.6 is 23.2 Å². The lowest BCUT2D eigenvalue weighted by molar-refractivity contribution is -0.140. The van der Waals surface area contributed by atoms with Crippen molar-refractivity contribution < 1.29 is 14.3 Å². The topological polar surface area (TPSA) is 58.6 Å². The molecule has 3 aromatic rings. The lowest BCUT2D eigenvalue weighted by Gasteiger charge is -2.31. The minimum Gasteiger partial charge on any atom is -0.497 e. The van der Waals surface area contributed by atoms with E-state index in [4.69, 9.17) is 27.9 Å². The first-order valence-corrected chi connectivity index (χ1v) is 11.8. The highest BCUT2D eigenvalue weighted by atomic mass is 35.5. The van der Waals surface area contributed by atoms with Gasteiger partial charge in [0.2, 0.25) is 11.8 Å². The molecule has 3 rings (SSSR count). The van der Waals surface area contributed by atoms with Gasteiger partial charge in [-0.1, -0.05) is 71.7 Å². The molecule has 0 heterocycles. The van der Waals surface area contributed by atoms with Crippen molar-refractivity contribution in [3.8, 4) is 5.75 Å². The van der Waals surface area contributed by atoms with E-state index < -0.39 is 6.04 Å². The van der Waals surface area contributed by atoms with E-state index in [1.165, 1.54) is 0 Å². The Morgan fingerprint density at radius 3 is 2.21 bits per heavy atom. The Bertz CT molecular complexity index is 1100. The van der Waals surface area contributed by atoms with Crippen LogP contribution in [0.3, 0.4) is 0 Å². The first kappa shape index (κ1) is 25.6. The molecule has 0 bridgehead atoms. The second-order valence-corrected chi connectivity index (χ2v) is 8.71. The summed E-state index contributed by atoms with van der Waals surface area (Å²) in [4.78, 5) is 28.4.